The van der Waals surface area contributed by atoms with Crippen LogP contribution < -0.4 is 0 Å². The average Bonchev–Trinajstić information content (AvgIpc) is 2.76. The van der Waals surface area contributed by atoms with Crippen LogP contribution >= 0.6 is 12.2 Å². The molecule has 0 aromatic heterocycles. The summed E-state index contributed by atoms with van der Waals surface area (Å²) < 4.78 is 0. The molecular weight excluding hydrogens is 384 g/mol. The third-order valence-corrected chi connectivity index (χ3v) is 6.00. The SMILES string of the molecule is CCCCCCCCCCCC.CCCCCCCCCc1ccc(O)c(C=S)c1. The summed E-state index contributed by atoms with van der Waals surface area (Å²) in [6.07, 6.45) is 24.8. The normalized spacial score (nSPS) is 10.5. The Labute approximate surface area is 194 Å². The number of hydrogen-bond donors (Lipinski definition) is 1. The molecule has 0 amide bonds. The van der Waals surface area contributed by atoms with Crippen LogP contribution in [0.4, 0.5) is 0 Å². The summed E-state index contributed by atoms with van der Waals surface area (Å²) in [5.41, 5.74) is 2.04. The van der Waals surface area contributed by atoms with Crippen LogP contribution in [0.3, 0.4) is 0 Å². The minimum atomic E-state index is 0.285. The molecule has 0 heterocycles. The maximum absolute atomic E-state index is 9.53. The summed E-state index contributed by atoms with van der Waals surface area (Å²) in [5.74, 6) is 0.285. The van der Waals surface area contributed by atoms with Crippen molar-refractivity contribution in [2.75, 3.05) is 0 Å². The average molecular weight is 435 g/mol. The van der Waals surface area contributed by atoms with E-state index in [9.17, 15) is 5.11 Å². The van der Waals surface area contributed by atoms with E-state index in [0.717, 1.165) is 12.0 Å². The van der Waals surface area contributed by atoms with Gasteiger partial charge in [0.05, 0.1) is 0 Å². The van der Waals surface area contributed by atoms with Crippen LogP contribution in [0, 0.1) is 0 Å². The van der Waals surface area contributed by atoms with E-state index < -0.39 is 0 Å². The summed E-state index contributed by atoms with van der Waals surface area (Å²) in [6.45, 7) is 6.81. The molecule has 0 radical (unpaired) electrons. The van der Waals surface area contributed by atoms with Gasteiger partial charge in [0.15, 0.2) is 0 Å². The van der Waals surface area contributed by atoms with E-state index in [4.69, 9.17) is 12.2 Å². The van der Waals surface area contributed by atoms with Crippen LogP contribution in [-0.4, -0.2) is 10.5 Å². The minimum Gasteiger partial charge on any atom is -0.507 e. The quantitative estimate of drug-likeness (QED) is 0.183. The second kappa shape index (κ2) is 22.8. The third kappa shape index (κ3) is 17.9. The maximum atomic E-state index is 9.53. The second-order valence-electron chi connectivity index (χ2n) is 8.71. The van der Waals surface area contributed by atoms with E-state index in [0.29, 0.717) is 0 Å². The molecular formula is C28H50OS. The zero-order valence-electron chi connectivity index (χ0n) is 20.4. The molecule has 0 fully saturated rings. The van der Waals surface area contributed by atoms with Gasteiger partial charge in [-0.25, -0.2) is 0 Å². The van der Waals surface area contributed by atoms with Crippen molar-refractivity contribution in [3.8, 4) is 5.75 Å². The van der Waals surface area contributed by atoms with Gasteiger partial charge in [-0.1, -0.05) is 142 Å². The molecule has 0 spiro atoms. The van der Waals surface area contributed by atoms with Gasteiger partial charge in [0.25, 0.3) is 0 Å². The first kappa shape index (κ1) is 29.1. The van der Waals surface area contributed by atoms with Crippen molar-refractivity contribution in [1.29, 1.82) is 0 Å². The second-order valence-corrected chi connectivity index (χ2v) is 8.95. The molecule has 0 saturated carbocycles. The number of phenols is 1. The lowest BCUT2D eigenvalue weighted by molar-refractivity contribution is 0.474. The fourth-order valence-corrected chi connectivity index (χ4v) is 3.89. The summed E-state index contributed by atoms with van der Waals surface area (Å²) in [7, 11) is 0. The highest BCUT2D eigenvalue weighted by molar-refractivity contribution is 7.79. The van der Waals surface area contributed by atoms with Crippen LogP contribution in [0.15, 0.2) is 18.2 Å². The van der Waals surface area contributed by atoms with Crippen molar-refractivity contribution in [3.05, 3.63) is 29.3 Å². The van der Waals surface area contributed by atoms with Gasteiger partial charge in [0.1, 0.15) is 5.75 Å². The zero-order chi connectivity index (χ0) is 22.3. The van der Waals surface area contributed by atoms with Crippen LogP contribution in [-0.2, 0) is 6.42 Å². The molecule has 0 aliphatic rings. The number of phenolic OH excluding ortho intramolecular Hbond substituents is 1. The summed E-state index contributed by atoms with van der Waals surface area (Å²) in [4.78, 5) is 0. The van der Waals surface area contributed by atoms with E-state index in [1.807, 2.05) is 12.1 Å². The molecule has 1 aromatic carbocycles. The smallest absolute Gasteiger partial charge is 0.123 e. The monoisotopic (exact) mass is 434 g/mol. The maximum Gasteiger partial charge on any atom is 0.123 e. The lowest BCUT2D eigenvalue weighted by atomic mass is 10.0. The van der Waals surface area contributed by atoms with Crippen LogP contribution in [0.25, 0.3) is 0 Å². The van der Waals surface area contributed by atoms with Crippen molar-refractivity contribution in [1.82, 2.24) is 0 Å². The summed E-state index contributed by atoms with van der Waals surface area (Å²) in [6, 6.07) is 5.74. The molecule has 0 unspecified atom stereocenters. The highest BCUT2D eigenvalue weighted by Crippen LogP contribution is 2.18. The Kier molecular flexibility index (Phi) is 22.1. The highest BCUT2D eigenvalue weighted by atomic mass is 32.1. The molecule has 0 saturated heterocycles. The Morgan fingerprint density at radius 2 is 1.03 bits per heavy atom. The summed E-state index contributed by atoms with van der Waals surface area (Å²) >= 11 is 4.88. The number of rotatable bonds is 18. The molecule has 0 bridgehead atoms. The Morgan fingerprint density at radius 3 is 1.43 bits per heavy atom. The predicted octanol–water partition coefficient (Wildman–Crippen LogP) is 9.96. The van der Waals surface area contributed by atoms with E-state index in [-0.39, 0.29) is 5.75 Å². The highest BCUT2D eigenvalue weighted by Gasteiger charge is 2.00. The van der Waals surface area contributed by atoms with Crippen molar-refractivity contribution < 1.29 is 5.11 Å². The fraction of sp³-hybridized carbons (Fsp3) is 0.750. The Morgan fingerprint density at radius 1 is 0.633 bits per heavy atom. The van der Waals surface area contributed by atoms with Crippen molar-refractivity contribution >= 4 is 17.6 Å². The molecule has 174 valence electrons. The van der Waals surface area contributed by atoms with Gasteiger partial charge in [0, 0.05) is 10.9 Å². The van der Waals surface area contributed by atoms with Gasteiger partial charge in [0.2, 0.25) is 0 Å². The van der Waals surface area contributed by atoms with Gasteiger partial charge in [-0.15, -0.1) is 0 Å². The molecule has 1 rings (SSSR count). The van der Waals surface area contributed by atoms with Gasteiger partial charge in [-0.05, 0) is 30.5 Å². The number of aryl methyl sites for hydroxylation is 1. The van der Waals surface area contributed by atoms with Gasteiger partial charge in [-0.2, -0.15) is 0 Å². The fourth-order valence-electron chi connectivity index (χ4n) is 3.70. The largest absolute Gasteiger partial charge is 0.507 e. The molecule has 2 heteroatoms. The Bertz CT molecular complexity index is 487. The van der Waals surface area contributed by atoms with E-state index in [1.54, 1.807) is 11.4 Å². The molecule has 0 aliphatic carbocycles. The van der Waals surface area contributed by atoms with Gasteiger partial charge in [-0.3, -0.25) is 0 Å². The molecule has 30 heavy (non-hydrogen) atoms. The molecule has 0 atom stereocenters. The minimum absolute atomic E-state index is 0.285. The lowest BCUT2D eigenvalue weighted by Crippen LogP contribution is -1.89. The van der Waals surface area contributed by atoms with E-state index >= 15 is 0 Å². The zero-order valence-corrected chi connectivity index (χ0v) is 21.2. The van der Waals surface area contributed by atoms with E-state index in [1.165, 1.54) is 115 Å². The van der Waals surface area contributed by atoms with Crippen LogP contribution in [0.5, 0.6) is 5.75 Å². The predicted molar refractivity (Wildman–Crippen MR) is 140 cm³/mol. The number of thiocarbonyl (C=S) groups is 1. The molecule has 1 N–H and O–H groups in total. The van der Waals surface area contributed by atoms with Gasteiger partial charge < -0.3 is 5.11 Å². The number of aromatic hydroxyl groups is 1. The third-order valence-electron chi connectivity index (χ3n) is 5.75. The van der Waals surface area contributed by atoms with E-state index in [2.05, 4.69) is 20.8 Å². The molecule has 1 nitrogen and oxygen atoms in total. The first-order chi connectivity index (χ1) is 14.7. The first-order valence-electron chi connectivity index (χ1n) is 13.0. The molecule has 0 aliphatic heterocycles. The Hall–Kier alpha value is -0.890. The summed E-state index contributed by atoms with van der Waals surface area (Å²) in [5, 5.41) is 11.1. The Balaban J connectivity index is 0.000000612. The van der Waals surface area contributed by atoms with Crippen LogP contribution in [0.1, 0.15) is 141 Å². The lowest BCUT2D eigenvalue weighted by Gasteiger charge is -2.04. The molecule has 1 aromatic rings. The van der Waals surface area contributed by atoms with Crippen LogP contribution in [0.2, 0.25) is 0 Å². The number of benzene rings is 1. The van der Waals surface area contributed by atoms with Crippen molar-refractivity contribution in [2.24, 2.45) is 0 Å². The topological polar surface area (TPSA) is 20.2 Å². The van der Waals surface area contributed by atoms with Crippen molar-refractivity contribution in [3.63, 3.8) is 0 Å². The first-order valence-corrected chi connectivity index (χ1v) is 13.4. The number of unbranched alkanes of at least 4 members (excludes halogenated alkanes) is 15. The standard InChI is InChI=1S/C16H24OS.C12H26/c1-2-3-4-5-6-7-8-9-14-10-11-16(17)15(12-14)13-18;1-3-5-7-9-11-12-10-8-6-4-2/h10-13,17H,2-9H2,1H3;3-12H2,1-2H3. The van der Waals surface area contributed by atoms with Gasteiger partial charge >= 0.3 is 0 Å². The van der Waals surface area contributed by atoms with Crippen molar-refractivity contribution in [2.45, 2.75) is 136 Å². The number of hydrogen-bond acceptors (Lipinski definition) is 2.